The van der Waals surface area contributed by atoms with Crippen molar-refractivity contribution in [3.63, 3.8) is 0 Å². The van der Waals surface area contributed by atoms with Crippen LogP contribution in [0.4, 0.5) is 13.2 Å². The molecule has 1 atom stereocenters. The van der Waals surface area contributed by atoms with Gasteiger partial charge in [-0.25, -0.2) is 0 Å². The predicted octanol–water partition coefficient (Wildman–Crippen LogP) is 5.65. The molecule has 0 heterocycles. The third-order valence-electron chi connectivity index (χ3n) is 3.62. The van der Waals surface area contributed by atoms with Crippen molar-refractivity contribution in [2.24, 2.45) is 5.92 Å². The van der Waals surface area contributed by atoms with E-state index >= 15 is 0 Å². The van der Waals surface area contributed by atoms with Gasteiger partial charge in [-0.3, -0.25) is 0 Å². The first-order valence-corrected chi connectivity index (χ1v) is 7.70. The number of alkyl halides is 3. The normalized spacial score (nSPS) is 13.7. The zero-order chi connectivity index (χ0) is 17.1. The van der Waals surface area contributed by atoms with Gasteiger partial charge in [0, 0.05) is 18.5 Å². The number of hydrogen-bond donors (Lipinski definition) is 1. The minimum Gasteiger partial charge on any atom is -0.314 e. The maximum atomic E-state index is 13.0. The summed E-state index contributed by atoms with van der Waals surface area (Å²) in [5, 5.41) is 3.00. The highest BCUT2D eigenvalue weighted by Gasteiger charge is 2.34. The van der Waals surface area contributed by atoms with Crippen LogP contribution < -0.4 is 5.32 Å². The maximum Gasteiger partial charge on any atom is 0.417 e. The van der Waals surface area contributed by atoms with Gasteiger partial charge in [0.15, 0.2) is 0 Å². The summed E-state index contributed by atoms with van der Waals surface area (Å²) in [6.45, 7) is 12.6. The zero-order valence-electron chi connectivity index (χ0n) is 13.4. The molecule has 0 aliphatic heterocycles. The van der Waals surface area contributed by atoms with Gasteiger partial charge in [-0.1, -0.05) is 57.5 Å². The highest BCUT2D eigenvalue weighted by Crippen LogP contribution is 2.38. The van der Waals surface area contributed by atoms with Gasteiger partial charge in [0.25, 0.3) is 0 Å². The van der Waals surface area contributed by atoms with E-state index in [9.17, 15) is 13.2 Å². The molecule has 0 radical (unpaired) electrons. The number of rotatable bonds is 6. The number of hydrogen-bond acceptors (Lipinski definition) is 1. The van der Waals surface area contributed by atoms with E-state index < -0.39 is 11.7 Å². The average molecular weight is 334 g/mol. The Morgan fingerprint density at radius 3 is 2.27 bits per heavy atom. The molecule has 1 aromatic rings. The molecule has 0 fully saturated rings. The summed E-state index contributed by atoms with van der Waals surface area (Å²) >= 11 is 5.70. The molecule has 0 spiro atoms. The number of nitrogens with one attached hydrogen (secondary N) is 1. The molecule has 1 rings (SSSR count). The van der Waals surface area contributed by atoms with E-state index in [1.54, 1.807) is 6.07 Å². The van der Waals surface area contributed by atoms with Crippen LogP contribution in [0.3, 0.4) is 0 Å². The van der Waals surface area contributed by atoms with Crippen LogP contribution in [0.25, 0.3) is 0 Å². The summed E-state index contributed by atoms with van der Waals surface area (Å²) in [7, 11) is 0. The van der Waals surface area contributed by atoms with Gasteiger partial charge < -0.3 is 5.32 Å². The van der Waals surface area contributed by atoms with E-state index in [0.29, 0.717) is 12.1 Å². The second kappa shape index (κ2) is 7.51. The van der Waals surface area contributed by atoms with Crippen molar-refractivity contribution in [2.75, 3.05) is 6.54 Å². The average Bonchev–Trinajstić information content (AvgIpc) is 2.38. The van der Waals surface area contributed by atoms with Gasteiger partial charge in [0.1, 0.15) is 0 Å². The standard InChI is InChI=1S/C17H23ClF3N/c1-10(2)12(5)14(9-22-11(3)4)13-6-7-16(18)15(8-13)17(19,20)21/h6-8,10-11,14,22H,5,9H2,1-4H3/t14-/m0/s1. The third-order valence-corrected chi connectivity index (χ3v) is 3.95. The van der Waals surface area contributed by atoms with E-state index in [-0.39, 0.29) is 22.9 Å². The molecule has 0 unspecified atom stereocenters. The summed E-state index contributed by atoms with van der Waals surface area (Å²) in [4.78, 5) is 0. The van der Waals surface area contributed by atoms with Gasteiger partial charge in [-0.2, -0.15) is 13.2 Å². The van der Waals surface area contributed by atoms with Crippen LogP contribution in [0.1, 0.15) is 44.7 Å². The molecule has 1 aromatic carbocycles. The molecule has 1 N–H and O–H groups in total. The summed E-state index contributed by atoms with van der Waals surface area (Å²) < 4.78 is 39.1. The number of halogens is 4. The zero-order valence-corrected chi connectivity index (χ0v) is 14.1. The Balaban J connectivity index is 3.22. The van der Waals surface area contributed by atoms with E-state index in [0.717, 1.165) is 11.6 Å². The largest absolute Gasteiger partial charge is 0.417 e. The van der Waals surface area contributed by atoms with Crippen molar-refractivity contribution < 1.29 is 13.2 Å². The van der Waals surface area contributed by atoms with Crippen molar-refractivity contribution in [3.8, 4) is 0 Å². The lowest BCUT2D eigenvalue weighted by molar-refractivity contribution is -0.137. The topological polar surface area (TPSA) is 12.0 Å². The molecule has 124 valence electrons. The lowest BCUT2D eigenvalue weighted by Crippen LogP contribution is -2.29. The third kappa shape index (κ3) is 5.03. The Hall–Kier alpha value is -1.00. The molecule has 0 aliphatic rings. The van der Waals surface area contributed by atoms with Crippen LogP contribution in [0.15, 0.2) is 30.4 Å². The van der Waals surface area contributed by atoms with E-state index in [2.05, 4.69) is 11.9 Å². The fourth-order valence-electron chi connectivity index (χ4n) is 2.20. The first kappa shape index (κ1) is 19.0. The molecule has 5 heteroatoms. The molecular weight excluding hydrogens is 311 g/mol. The van der Waals surface area contributed by atoms with Crippen LogP contribution >= 0.6 is 11.6 Å². The molecule has 0 saturated heterocycles. The second-order valence-electron chi connectivity index (χ2n) is 6.08. The van der Waals surface area contributed by atoms with Crippen molar-refractivity contribution in [1.82, 2.24) is 5.32 Å². The smallest absolute Gasteiger partial charge is 0.314 e. The van der Waals surface area contributed by atoms with Crippen LogP contribution in [0.5, 0.6) is 0 Å². The molecule has 22 heavy (non-hydrogen) atoms. The molecular formula is C17H23ClF3N. The molecule has 0 amide bonds. The molecule has 0 saturated carbocycles. The van der Waals surface area contributed by atoms with Gasteiger partial charge in [-0.05, 0) is 23.6 Å². The monoisotopic (exact) mass is 333 g/mol. The summed E-state index contributed by atoms with van der Waals surface area (Å²) in [6, 6.07) is 4.35. The summed E-state index contributed by atoms with van der Waals surface area (Å²) in [6.07, 6.45) is -4.46. The van der Waals surface area contributed by atoms with Gasteiger partial charge in [-0.15, -0.1) is 0 Å². The van der Waals surface area contributed by atoms with Crippen molar-refractivity contribution in [2.45, 2.75) is 45.8 Å². The highest BCUT2D eigenvalue weighted by molar-refractivity contribution is 6.31. The Kier molecular flexibility index (Phi) is 6.50. The first-order chi connectivity index (χ1) is 10.0. The summed E-state index contributed by atoms with van der Waals surface area (Å²) in [5.41, 5.74) is 0.699. The van der Waals surface area contributed by atoms with Crippen LogP contribution in [0, 0.1) is 5.92 Å². The molecule has 0 aliphatic carbocycles. The highest BCUT2D eigenvalue weighted by atomic mass is 35.5. The van der Waals surface area contributed by atoms with Gasteiger partial charge >= 0.3 is 6.18 Å². The van der Waals surface area contributed by atoms with Crippen molar-refractivity contribution >= 4 is 11.6 Å². The number of benzene rings is 1. The lowest BCUT2D eigenvalue weighted by atomic mass is 9.85. The Bertz CT molecular complexity index is 521. The fourth-order valence-corrected chi connectivity index (χ4v) is 2.42. The van der Waals surface area contributed by atoms with Gasteiger partial charge in [0.2, 0.25) is 0 Å². The van der Waals surface area contributed by atoms with Crippen molar-refractivity contribution in [1.29, 1.82) is 0 Å². The molecule has 1 nitrogen and oxygen atoms in total. The van der Waals surface area contributed by atoms with Crippen LogP contribution in [-0.4, -0.2) is 12.6 Å². The SMILES string of the molecule is C=C(C(C)C)[C@H](CNC(C)C)c1ccc(Cl)c(C(F)(F)F)c1. The summed E-state index contributed by atoms with van der Waals surface area (Å²) in [5.74, 6) is 0.00439. The van der Waals surface area contributed by atoms with Gasteiger partial charge in [0.05, 0.1) is 10.6 Å². The van der Waals surface area contributed by atoms with E-state index in [4.69, 9.17) is 11.6 Å². The van der Waals surface area contributed by atoms with Crippen LogP contribution in [-0.2, 0) is 6.18 Å². The lowest BCUT2D eigenvalue weighted by Gasteiger charge is -2.25. The Morgan fingerprint density at radius 1 is 1.23 bits per heavy atom. The maximum absolute atomic E-state index is 13.0. The minimum absolute atomic E-state index is 0.180. The van der Waals surface area contributed by atoms with E-state index in [1.165, 1.54) is 6.07 Å². The Morgan fingerprint density at radius 2 is 1.82 bits per heavy atom. The first-order valence-electron chi connectivity index (χ1n) is 7.32. The van der Waals surface area contributed by atoms with E-state index in [1.807, 2.05) is 27.7 Å². The Labute approximate surface area is 135 Å². The minimum atomic E-state index is -4.46. The predicted molar refractivity (Wildman–Crippen MR) is 86.3 cm³/mol. The molecule has 0 bridgehead atoms. The quantitative estimate of drug-likeness (QED) is 0.663. The van der Waals surface area contributed by atoms with Crippen LogP contribution in [0.2, 0.25) is 5.02 Å². The molecule has 0 aromatic heterocycles. The second-order valence-corrected chi connectivity index (χ2v) is 6.49. The van der Waals surface area contributed by atoms with Crippen molar-refractivity contribution in [3.05, 3.63) is 46.5 Å². The fraction of sp³-hybridized carbons (Fsp3) is 0.529.